The first kappa shape index (κ1) is 15.7. The number of carbonyl (C=O) groups is 1. The van der Waals surface area contributed by atoms with E-state index in [-0.39, 0.29) is 30.1 Å². The van der Waals surface area contributed by atoms with E-state index in [0.717, 1.165) is 6.07 Å². The highest BCUT2D eigenvalue weighted by Gasteiger charge is 2.32. The van der Waals surface area contributed by atoms with Crippen molar-refractivity contribution in [3.63, 3.8) is 0 Å². The third kappa shape index (κ3) is 2.23. The predicted octanol–water partition coefficient (Wildman–Crippen LogP) is 0.327. The fourth-order valence-corrected chi connectivity index (χ4v) is 3.42. The second-order valence-corrected chi connectivity index (χ2v) is 6.27. The summed E-state index contributed by atoms with van der Waals surface area (Å²) < 4.78 is 22.0. The number of hydrogen-bond donors (Lipinski definition) is 2. The Morgan fingerprint density at radius 3 is 2.84 bits per heavy atom. The molecule has 1 fully saturated rings. The number of aliphatic hydroxyl groups is 1. The van der Waals surface area contributed by atoms with Crippen molar-refractivity contribution in [1.82, 2.24) is 4.68 Å². The van der Waals surface area contributed by atoms with Gasteiger partial charge in [-0.3, -0.25) is 14.5 Å². The van der Waals surface area contributed by atoms with Gasteiger partial charge in [-0.25, -0.2) is 9.18 Å². The van der Waals surface area contributed by atoms with Crippen molar-refractivity contribution < 1.29 is 24.1 Å². The first-order valence-electron chi connectivity index (χ1n) is 7.81. The van der Waals surface area contributed by atoms with E-state index in [1.165, 1.54) is 10.9 Å². The zero-order chi connectivity index (χ0) is 17.9. The van der Waals surface area contributed by atoms with E-state index in [1.54, 1.807) is 17.0 Å². The second kappa shape index (κ2) is 5.35. The molecule has 0 aliphatic carbocycles. The molecule has 1 aromatic carbocycles. The summed E-state index contributed by atoms with van der Waals surface area (Å²) >= 11 is 0. The van der Waals surface area contributed by atoms with E-state index >= 15 is 0 Å². The van der Waals surface area contributed by atoms with Gasteiger partial charge in [0.2, 0.25) is 5.43 Å². The molecule has 1 atom stereocenters. The van der Waals surface area contributed by atoms with Crippen molar-refractivity contribution in [2.24, 2.45) is 0 Å². The SMILES string of the molecule is CN1COc2c(N3CCC(O)C3)c(F)cc3c(=O)c(C(=O)O)cn1c23. The Morgan fingerprint density at radius 1 is 1.44 bits per heavy atom. The smallest absolute Gasteiger partial charge is 0.341 e. The monoisotopic (exact) mass is 349 g/mol. The van der Waals surface area contributed by atoms with Gasteiger partial charge in [0.15, 0.2) is 18.3 Å². The molecule has 9 heteroatoms. The van der Waals surface area contributed by atoms with Crippen LogP contribution >= 0.6 is 0 Å². The Hall–Kier alpha value is -2.81. The van der Waals surface area contributed by atoms with Gasteiger partial charge in [0.25, 0.3) is 0 Å². The van der Waals surface area contributed by atoms with Gasteiger partial charge in [-0.15, -0.1) is 0 Å². The summed E-state index contributed by atoms with van der Waals surface area (Å²) in [7, 11) is 1.67. The van der Waals surface area contributed by atoms with Gasteiger partial charge < -0.3 is 19.8 Å². The molecule has 3 heterocycles. The number of halogens is 1. The standard InChI is InChI=1S/C16H16FN3O5/c1-18-7-25-15-12-9(14(22)10(16(23)24)6-20(12)18)4-11(17)13(15)19-3-2-8(21)5-19/h4,6,8,21H,2-3,5,7H2,1H3,(H,23,24). The van der Waals surface area contributed by atoms with Crippen LogP contribution in [0.25, 0.3) is 10.9 Å². The van der Waals surface area contributed by atoms with Crippen molar-refractivity contribution in [3.05, 3.63) is 33.9 Å². The molecule has 4 rings (SSSR count). The Bertz CT molecular complexity index is 957. The molecule has 2 aliphatic rings. The molecule has 2 N–H and O–H groups in total. The molecule has 2 aliphatic heterocycles. The molecule has 0 radical (unpaired) electrons. The van der Waals surface area contributed by atoms with Gasteiger partial charge in [0, 0.05) is 26.3 Å². The number of benzene rings is 1. The maximum absolute atomic E-state index is 14.8. The number of carboxylic acid groups (broad SMARTS) is 1. The van der Waals surface area contributed by atoms with E-state index in [9.17, 15) is 24.2 Å². The van der Waals surface area contributed by atoms with Crippen LogP contribution in [0.1, 0.15) is 16.8 Å². The number of rotatable bonds is 2. The minimum atomic E-state index is -1.37. The second-order valence-electron chi connectivity index (χ2n) is 6.27. The number of aliphatic hydroxyl groups excluding tert-OH is 1. The van der Waals surface area contributed by atoms with Gasteiger partial charge in [0.05, 0.1) is 11.5 Å². The lowest BCUT2D eigenvalue weighted by Gasteiger charge is -2.33. The molecule has 0 bridgehead atoms. The van der Waals surface area contributed by atoms with Crippen LogP contribution in [0.2, 0.25) is 0 Å². The highest BCUT2D eigenvalue weighted by molar-refractivity contribution is 5.97. The Labute approximate surface area is 141 Å². The number of hydrogen-bond acceptors (Lipinski definition) is 6. The number of carboxylic acids is 1. The number of β-amino-alcohol motifs (C(OH)–C–C–N with tert-alkyl or cyclic N) is 1. The Kier molecular flexibility index (Phi) is 3.36. The van der Waals surface area contributed by atoms with E-state index < -0.39 is 28.9 Å². The summed E-state index contributed by atoms with van der Waals surface area (Å²) in [5.74, 6) is -1.85. The van der Waals surface area contributed by atoms with Crippen LogP contribution < -0.4 is 20.1 Å². The molecule has 1 unspecified atom stereocenters. The molecule has 25 heavy (non-hydrogen) atoms. The molecule has 0 amide bonds. The average molecular weight is 349 g/mol. The van der Waals surface area contributed by atoms with E-state index in [1.807, 2.05) is 0 Å². The summed E-state index contributed by atoms with van der Waals surface area (Å²) in [6.45, 7) is 0.802. The average Bonchev–Trinajstić information content (AvgIpc) is 2.98. The topological polar surface area (TPSA) is 95.2 Å². The lowest BCUT2D eigenvalue weighted by atomic mass is 10.1. The van der Waals surface area contributed by atoms with Gasteiger partial charge in [-0.2, -0.15) is 0 Å². The number of nitrogens with zero attached hydrogens (tertiary/aromatic N) is 3. The lowest BCUT2D eigenvalue weighted by Crippen LogP contribution is -2.40. The zero-order valence-electron chi connectivity index (χ0n) is 13.4. The molecule has 8 nitrogen and oxygen atoms in total. The largest absolute Gasteiger partial charge is 0.477 e. The van der Waals surface area contributed by atoms with E-state index in [4.69, 9.17) is 4.74 Å². The highest BCUT2D eigenvalue weighted by Crippen LogP contribution is 2.41. The van der Waals surface area contributed by atoms with Crippen LogP contribution in [0.5, 0.6) is 5.75 Å². The number of ether oxygens (including phenoxy) is 1. The minimum Gasteiger partial charge on any atom is -0.477 e. The minimum absolute atomic E-state index is 0.0533. The number of anilines is 1. The molecule has 1 aromatic heterocycles. The summed E-state index contributed by atoms with van der Waals surface area (Å²) in [5, 5.41) is 20.5. The molecule has 132 valence electrons. The molecule has 0 spiro atoms. The third-order valence-electron chi connectivity index (χ3n) is 4.63. The first-order chi connectivity index (χ1) is 11.9. The van der Waals surface area contributed by atoms with E-state index in [2.05, 4.69) is 0 Å². The Morgan fingerprint density at radius 2 is 2.20 bits per heavy atom. The maximum Gasteiger partial charge on any atom is 0.341 e. The van der Waals surface area contributed by atoms with Gasteiger partial charge in [-0.05, 0) is 12.5 Å². The van der Waals surface area contributed by atoms with Crippen molar-refractivity contribution in [3.8, 4) is 5.75 Å². The van der Waals surface area contributed by atoms with Crippen LogP contribution in [0, 0.1) is 5.82 Å². The van der Waals surface area contributed by atoms with Crippen LogP contribution in [0.4, 0.5) is 10.1 Å². The van der Waals surface area contributed by atoms with Crippen molar-refractivity contribution in [1.29, 1.82) is 0 Å². The Balaban J connectivity index is 2.07. The molecule has 1 saturated heterocycles. The van der Waals surface area contributed by atoms with Gasteiger partial charge in [0.1, 0.15) is 16.8 Å². The number of aromatic nitrogens is 1. The fraction of sp³-hybridized carbons (Fsp3) is 0.375. The molecule has 2 aromatic rings. The van der Waals surface area contributed by atoms with Crippen LogP contribution in [0.15, 0.2) is 17.1 Å². The molecule has 0 saturated carbocycles. The normalized spacial score (nSPS) is 19.4. The summed E-state index contributed by atoms with van der Waals surface area (Å²) in [5.41, 5.74) is -0.684. The van der Waals surface area contributed by atoms with Crippen LogP contribution in [-0.4, -0.2) is 53.8 Å². The zero-order valence-corrected chi connectivity index (χ0v) is 13.4. The summed E-state index contributed by atoms with van der Waals surface area (Å²) in [4.78, 5) is 25.5. The van der Waals surface area contributed by atoms with Crippen molar-refractivity contribution in [2.75, 3.05) is 36.8 Å². The first-order valence-corrected chi connectivity index (χ1v) is 7.81. The van der Waals surface area contributed by atoms with Crippen LogP contribution in [0.3, 0.4) is 0 Å². The van der Waals surface area contributed by atoms with Gasteiger partial charge >= 0.3 is 5.97 Å². The quantitative estimate of drug-likeness (QED) is 0.807. The molecular formula is C16H16FN3O5. The predicted molar refractivity (Wildman–Crippen MR) is 87.6 cm³/mol. The third-order valence-corrected chi connectivity index (χ3v) is 4.63. The van der Waals surface area contributed by atoms with Crippen molar-refractivity contribution >= 4 is 22.6 Å². The van der Waals surface area contributed by atoms with Crippen molar-refractivity contribution in [2.45, 2.75) is 12.5 Å². The maximum atomic E-state index is 14.8. The van der Waals surface area contributed by atoms with Gasteiger partial charge in [-0.1, -0.05) is 0 Å². The highest BCUT2D eigenvalue weighted by atomic mass is 19.1. The van der Waals surface area contributed by atoms with Crippen LogP contribution in [-0.2, 0) is 0 Å². The lowest BCUT2D eigenvalue weighted by molar-refractivity contribution is 0.0694. The summed E-state index contributed by atoms with van der Waals surface area (Å²) in [6, 6.07) is 1.05. The number of pyridine rings is 1. The molecular weight excluding hydrogens is 333 g/mol. The van der Waals surface area contributed by atoms with E-state index in [0.29, 0.717) is 18.5 Å². The summed E-state index contributed by atoms with van der Waals surface area (Å²) in [6.07, 6.45) is 1.19. The number of aromatic carboxylic acids is 1. The fourth-order valence-electron chi connectivity index (χ4n) is 3.42.